The number of thioether (sulfide) groups is 1. The predicted molar refractivity (Wildman–Crippen MR) is 334 cm³/mol. The Morgan fingerprint density at radius 2 is 1.04 bits per heavy atom. The van der Waals surface area contributed by atoms with Gasteiger partial charge in [-0.05, 0) is 156 Å². The lowest BCUT2D eigenvalue weighted by Crippen LogP contribution is -2.22. The quantitative estimate of drug-likeness (QED) is 0.150. The summed E-state index contributed by atoms with van der Waals surface area (Å²) >= 11 is 5.72. The van der Waals surface area contributed by atoms with Crippen LogP contribution in [-0.2, 0) is 0 Å². The van der Waals surface area contributed by atoms with E-state index >= 15 is 0 Å². The molecule has 2 aliphatic rings. The van der Waals surface area contributed by atoms with Crippen LogP contribution in [0.2, 0.25) is 0 Å². The van der Waals surface area contributed by atoms with E-state index in [0.717, 1.165) is 50.9 Å². The molecule has 77 heavy (non-hydrogen) atoms. The van der Waals surface area contributed by atoms with Crippen LogP contribution in [0.4, 0.5) is 34.1 Å². The van der Waals surface area contributed by atoms with E-state index in [0.29, 0.717) is 5.92 Å². The summed E-state index contributed by atoms with van der Waals surface area (Å²) in [5.41, 5.74) is 13.7. The molecule has 3 aromatic heterocycles. The summed E-state index contributed by atoms with van der Waals surface area (Å²) in [6, 6.07) is 88.3. The van der Waals surface area contributed by atoms with Crippen LogP contribution < -0.4 is 9.80 Å². The SMILES string of the molecule is CC12C=CC=CC1c1ccc(N(c3ccccc3)c3cc(-c4ccc5c(c4)c4cc6ccc7sc8ccccc8c7c6cc4n5-c4ccccc4)cc(N(c4ccccc4)c4ccc5c(c4)sc4ccccc45)c3)cc1S2. The number of allylic oxidation sites excluding steroid dienone is 3. The smallest absolute Gasteiger partial charge is 0.0547 e. The van der Waals surface area contributed by atoms with E-state index in [4.69, 9.17) is 0 Å². The van der Waals surface area contributed by atoms with Crippen molar-refractivity contribution in [2.75, 3.05) is 9.80 Å². The van der Waals surface area contributed by atoms with Crippen molar-refractivity contribution in [1.82, 2.24) is 4.57 Å². The molecule has 0 radical (unpaired) electrons. The lowest BCUT2D eigenvalue weighted by atomic mass is 9.84. The van der Waals surface area contributed by atoms with Gasteiger partial charge in [0.15, 0.2) is 0 Å². The first-order chi connectivity index (χ1) is 38.0. The molecule has 0 bridgehead atoms. The number of thiophene rings is 2. The number of rotatable bonds is 8. The van der Waals surface area contributed by atoms with Gasteiger partial charge in [-0.2, -0.15) is 0 Å². The van der Waals surface area contributed by atoms with Crippen LogP contribution in [0.1, 0.15) is 18.4 Å². The number of benzene rings is 11. The third-order valence-corrected chi connectivity index (χ3v) is 19.7. The van der Waals surface area contributed by atoms with Crippen molar-refractivity contribution in [2.45, 2.75) is 22.5 Å². The first-order valence-corrected chi connectivity index (χ1v) is 28.8. The van der Waals surface area contributed by atoms with E-state index in [1.807, 2.05) is 34.4 Å². The topological polar surface area (TPSA) is 11.4 Å². The highest BCUT2D eigenvalue weighted by Gasteiger charge is 2.41. The summed E-state index contributed by atoms with van der Waals surface area (Å²) in [6.07, 6.45) is 9.17. The maximum atomic E-state index is 2.47. The van der Waals surface area contributed by atoms with Gasteiger partial charge < -0.3 is 14.4 Å². The molecule has 0 fully saturated rings. The largest absolute Gasteiger partial charge is 0.310 e. The fraction of sp³-hybridized carbons (Fsp3) is 0.0423. The van der Waals surface area contributed by atoms with Gasteiger partial charge in [-0.3, -0.25) is 0 Å². The second-order valence-electron chi connectivity index (χ2n) is 20.6. The van der Waals surface area contributed by atoms with E-state index in [-0.39, 0.29) is 4.75 Å². The monoisotopic (exact) mass is 1040 g/mol. The summed E-state index contributed by atoms with van der Waals surface area (Å²) in [5.74, 6) is 0.330. The Hall–Kier alpha value is -8.65. The second kappa shape index (κ2) is 17.5. The van der Waals surface area contributed by atoms with Gasteiger partial charge in [0.05, 0.1) is 11.0 Å². The summed E-state index contributed by atoms with van der Waals surface area (Å²) in [4.78, 5) is 6.24. The number of para-hydroxylation sites is 3. The third-order valence-electron chi connectivity index (χ3n) is 16.0. The minimum absolute atomic E-state index is 0.0227. The fourth-order valence-corrected chi connectivity index (χ4v) is 16.2. The molecule has 1 aliphatic heterocycles. The van der Waals surface area contributed by atoms with Crippen molar-refractivity contribution >= 4 is 141 Å². The number of hydrogen-bond donors (Lipinski definition) is 0. The Morgan fingerprint density at radius 1 is 0.403 bits per heavy atom. The van der Waals surface area contributed by atoms with E-state index < -0.39 is 0 Å². The highest BCUT2D eigenvalue weighted by molar-refractivity contribution is 8.01. The van der Waals surface area contributed by atoms with E-state index in [1.54, 1.807) is 0 Å². The van der Waals surface area contributed by atoms with Gasteiger partial charge in [-0.15, -0.1) is 34.4 Å². The van der Waals surface area contributed by atoms with Crippen LogP contribution in [0, 0.1) is 0 Å². The molecule has 2 unspecified atom stereocenters. The lowest BCUT2D eigenvalue weighted by Gasteiger charge is -2.30. The molecule has 16 rings (SSSR count). The van der Waals surface area contributed by atoms with Gasteiger partial charge in [0.25, 0.3) is 0 Å². The van der Waals surface area contributed by atoms with Crippen molar-refractivity contribution in [1.29, 1.82) is 0 Å². The average Bonchev–Trinajstić information content (AvgIpc) is 4.27. The lowest BCUT2D eigenvalue weighted by molar-refractivity contribution is 0.702. The average molecular weight is 1040 g/mol. The van der Waals surface area contributed by atoms with Crippen LogP contribution in [-0.4, -0.2) is 9.31 Å². The Labute approximate surface area is 458 Å². The molecule has 364 valence electrons. The standard InChI is InChI=1S/C71H47N3S3/c1-71-36-16-15-25-62(71)57-33-31-52(43-69(57)77-71)73(49-19-7-3-8-20-49)54-38-47(37-53(41-54)72(48-17-5-2-6-18-48)51-30-32-56-55-23-11-13-26-65(55)76-68(56)42-51)45-28-34-63-60(39-45)61-40-46-29-35-67-70(58-24-12-14-27-66(58)75-67)59(46)44-64(61)74(63)50-21-9-4-10-22-50/h2-44,62H,1H3. The van der Waals surface area contributed by atoms with Gasteiger partial charge in [-0.25, -0.2) is 0 Å². The van der Waals surface area contributed by atoms with Crippen LogP contribution in [0.5, 0.6) is 0 Å². The molecule has 0 amide bonds. The normalized spacial score (nSPS) is 15.9. The van der Waals surface area contributed by atoms with Crippen molar-refractivity contribution < 1.29 is 0 Å². The third kappa shape index (κ3) is 7.17. The Kier molecular flexibility index (Phi) is 10.1. The van der Waals surface area contributed by atoms with Crippen molar-refractivity contribution in [3.05, 3.63) is 266 Å². The molecule has 0 spiro atoms. The predicted octanol–water partition coefficient (Wildman–Crippen LogP) is 21.4. The number of fused-ring (bicyclic) bond motifs is 14. The Bertz CT molecular complexity index is 4760. The van der Waals surface area contributed by atoms with Crippen molar-refractivity contribution in [3.8, 4) is 16.8 Å². The summed E-state index contributed by atoms with van der Waals surface area (Å²) in [6.45, 7) is 2.38. The van der Waals surface area contributed by atoms with Gasteiger partial charge in [-0.1, -0.05) is 140 Å². The summed E-state index contributed by atoms with van der Waals surface area (Å²) in [5, 5.41) is 10.2. The first-order valence-electron chi connectivity index (χ1n) is 26.3. The Morgan fingerprint density at radius 3 is 1.81 bits per heavy atom. The molecule has 2 atom stereocenters. The molecule has 3 nitrogen and oxygen atoms in total. The highest BCUT2D eigenvalue weighted by Crippen LogP contribution is 2.57. The second-order valence-corrected chi connectivity index (χ2v) is 24.3. The number of aromatic nitrogens is 1. The maximum Gasteiger partial charge on any atom is 0.0547 e. The van der Waals surface area contributed by atoms with Gasteiger partial charge in [0.2, 0.25) is 0 Å². The Balaban J connectivity index is 0.948. The molecule has 14 aromatic rings. The summed E-state index contributed by atoms with van der Waals surface area (Å²) in [7, 11) is 0. The van der Waals surface area contributed by atoms with Gasteiger partial charge in [0, 0.05) is 106 Å². The molecule has 0 saturated heterocycles. The molecular formula is C71H47N3S3. The van der Waals surface area contributed by atoms with Gasteiger partial charge >= 0.3 is 0 Å². The number of nitrogens with zero attached hydrogens (tertiary/aromatic N) is 3. The zero-order chi connectivity index (χ0) is 50.8. The molecular weight excluding hydrogens is 991 g/mol. The zero-order valence-corrected chi connectivity index (χ0v) is 44.4. The maximum absolute atomic E-state index is 2.47. The highest BCUT2D eigenvalue weighted by atomic mass is 32.2. The van der Waals surface area contributed by atoms with E-state index in [9.17, 15) is 0 Å². The van der Waals surface area contributed by atoms with Crippen LogP contribution in [0.25, 0.3) is 89.7 Å². The van der Waals surface area contributed by atoms with Gasteiger partial charge in [0.1, 0.15) is 0 Å². The first kappa shape index (κ1) is 44.6. The fourth-order valence-electron chi connectivity index (χ4n) is 12.5. The van der Waals surface area contributed by atoms with E-state index in [2.05, 4.69) is 282 Å². The minimum Gasteiger partial charge on any atom is -0.310 e. The molecule has 6 heteroatoms. The van der Waals surface area contributed by atoms with Crippen LogP contribution >= 0.6 is 34.4 Å². The van der Waals surface area contributed by atoms with Crippen LogP contribution in [0.15, 0.2) is 266 Å². The molecule has 1 aliphatic carbocycles. The van der Waals surface area contributed by atoms with E-state index in [1.165, 1.54) is 83.4 Å². The molecule has 4 heterocycles. The molecule has 0 N–H and O–H groups in total. The van der Waals surface area contributed by atoms with Crippen molar-refractivity contribution in [3.63, 3.8) is 0 Å². The molecule has 11 aromatic carbocycles. The zero-order valence-electron chi connectivity index (χ0n) is 42.0. The minimum atomic E-state index is -0.0227. The number of hydrogen-bond acceptors (Lipinski definition) is 5. The molecule has 0 saturated carbocycles. The van der Waals surface area contributed by atoms with Crippen LogP contribution in [0.3, 0.4) is 0 Å². The summed E-state index contributed by atoms with van der Waals surface area (Å²) < 4.78 is 7.64. The number of anilines is 6. The van der Waals surface area contributed by atoms with Crippen molar-refractivity contribution in [2.24, 2.45) is 0 Å².